The number of rotatable bonds is 3. The Kier molecular flexibility index (Phi) is 3.04. The molecule has 0 aliphatic carbocycles. The highest BCUT2D eigenvalue weighted by atomic mass is 19.1. The number of nitrogens with zero attached hydrogens (tertiary/aromatic N) is 2. The van der Waals surface area contributed by atoms with Crippen LogP contribution in [0.5, 0.6) is 0 Å². The zero-order valence-electron chi connectivity index (χ0n) is 9.77. The summed E-state index contributed by atoms with van der Waals surface area (Å²) in [6.45, 7) is 4.40. The maximum Gasteiger partial charge on any atom is 0.196 e. The van der Waals surface area contributed by atoms with Gasteiger partial charge >= 0.3 is 0 Å². The molecule has 0 unspecified atom stereocenters. The zero-order chi connectivity index (χ0) is 12.4. The molecule has 0 bridgehead atoms. The van der Waals surface area contributed by atoms with Gasteiger partial charge in [-0.15, -0.1) is 0 Å². The molecule has 17 heavy (non-hydrogen) atoms. The van der Waals surface area contributed by atoms with Crippen molar-refractivity contribution in [3.63, 3.8) is 0 Å². The van der Waals surface area contributed by atoms with Crippen molar-refractivity contribution >= 4 is 5.78 Å². The average molecular weight is 232 g/mol. The van der Waals surface area contributed by atoms with Gasteiger partial charge < -0.3 is 0 Å². The molecule has 0 aliphatic heterocycles. The largest absolute Gasteiger partial charge is 0.288 e. The van der Waals surface area contributed by atoms with Crippen LogP contribution in [0.25, 0.3) is 0 Å². The Bertz CT molecular complexity index is 540. The molecule has 0 radical (unpaired) electrons. The second kappa shape index (κ2) is 4.49. The monoisotopic (exact) mass is 232 g/mol. The molecular weight excluding hydrogens is 219 g/mol. The van der Waals surface area contributed by atoms with Gasteiger partial charge in [-0.2, -0.15) is 5.10 Å². The lowest BCUT2D eigenvalue weighted by atomic mass is 10.0. The highest BCUT2D eigenvalue weighted by molar-refractivity contribution is 6.08. The van der Waals surface area contributed by atoms with E-state index in [1.54, 1.807) is 23.9 Å². The third-order valence-corrected chi connectivity index (χ3v) is 2.52. The molecule has 88 valence electrons. The molecule has 1 aromatic carbocycles. The minimum atomic E-state index is -0.392. The standard InChI is InChI=1S/C13H13FN2O/c1-3-16-8-11(7-15-16)13(17)10-4-9(2)5-12(14)6-10/h4-8H,3H2,1-2H3. The first-order valence-electron chi connectivity index (χ1n) is 5.44. The zero-order valence-corrected chi connectivity index (χ0v) is 9.77. The molecule has 0 aliphatic rings. The van der Waals surface area contributed by atoms with Gasteiger partial charge in [0, 0.05) is 18.3 Å². The SMILES string of the molecule is CCn1cc(C(=O)c2cc(C)cc(F)c2)cn1. The van der Waals surface area contributed by atoms with E-state index >= 15 is 0 Å². The Morgan fingerprint density at radius 2 is 2.12 bits per heavy atom. The second-order valence-electron chi connectivity index (χ2n) is 3.93. The maximum atomic E-state index is 13.2. The summed E-state index contributed by atoms with van der Waals surface area (Å²) in [6.07, 6.45) is 3.18. The molecule has 0 saturated heterocycles. The Labute approximate surface area is 98.9 Å². The van der Waals surface area contributed by atoms with Crippen molar-refractivity contribution in [3.05, 3.63) is 53.1 Å². The minimum absolute atomic E-state index is 0.202. The molecule has 0 amide bonds. The summed E-state index contributed by atoms with van der Waals surface area (Å²) in [7, 11) is 0. The van der Waals surface area contributed by atoms with Gasteiger partial charge in [-0.1, -0.05) is 0 Å². The summed E-state index contributed by atoms with van der Waals surface area (Å²) in [6, 6.07) is 4.32. The molecule has 3 nitrogen and oxygen atoms in total. The molecule has 2 aromatic rings. The van der Waals surface area contributed by atoms with Crippen LogP contribution < -0.4 is 0 Å². The van der Waals surface area contributed by atoms with Crippen LogP contribution in [0.3, 0.4) is 0 Å². The van der Waals surface area contributed by atoms with Gasteiger partial charge in [-0.05, 0) is 37.6 Å². The molecule has 0 spiro atoms. The van der Waals surface area contributed by atoms with Gasteiger partial charge in [0.05, 0.1) is 11.8 Å². The van der Waals surface area contributed by atoms with E-state index in [4.69, 9.17) is 0 Å². The Morgan fingerprint density at radius 3 is 2.71 bits per heavy atom. The third kappa shape index (κ3) is 2.41. The fourth-order valence-corrected chi connectivity index (χ4v) is 1.69. The molecule has 1 heterocycles. The van der Waals surface area contributed by atoms with Gasteiger partial charge in [-0.3, -0.25) is 9.48 Å². The van der Waals surface area contributed by atoms with E-state index in [1.165, 1.54) is 18.3 Å². The van der Waals surface area contributed by atoms with E-state index in [0.717, 1.165) is 5.56 Å². The summed E-state index contributed by atoms with van der Waals surface area (Å²) >= 11 is 0. The number of halogens is 1. The Hall–Kier alpha value is -1.97. The second-order valence-corrected chi connectivity index (χ2v) is 3.93. The fraction of sp³-hybridized carbons (Fsp3) is 0.231. The molecular formula is C13H13FN2O. The van der Waals surface area contributed by atoms with Gasteiger partial charge in [0.2, 0.25) is 0 Å². The number of ketones is 1. The van der Waals surface area contributed by atoms with Crippen LogP contribution in [0.4, 0.5) is 4.39 Å². The van der Waals surface area contributed by atoms with E-state index in [-0.39, 0.29) is 5.78 Å². The maximum absolute atomic E-state index is 13.2. The van der Waals surface area contributed by atoms with Crippen molar-refractivity contribution in [1.29, 1.82) is 0 Å². The van der Waals surface area contributed by atoms with Crippen LogP contribution in [-0.2, 0) is 6.54 Å². The van der Waals surface area contributed by atoms with Gasteiger partial charge in [-0.25, -0.2) is 4.39 Å². The highest BCUT2D eigenvalue weighted by Gasteiger charge is 2.12. The Morgan fingerprint density at radius 1 is 1.35 bits per heavy atom. The van der Waals surface area contributed by atoms with Gasteiger partial charge in [0.1, 0.15) is 5.82 Å². The van der Waals surface area contributed by atoms with E-state index in [9.17, 15) is 9.18 Å². The number of carbonyl (C=O) groups excluding carboxylic acids is 1. The van der Waals surface area contributed by atoms with Crippen molar-refractivity contribution in [2.75, 3.05) is 0 Å². The lowest BCUT2D eigenvalue weighted by molar-refractivity contribution is 0.103. The van der Waals surface area contributed by atoms with E-state index in [0.29, 0.717) is 17.7 Å². The highest BCUT2D eigenvalue weighted by Crippen LogP contribution is 2.13. The van der Waals surface area contributed by atoms with E-state index in [2.05, 4.69) is 5.10 Å². The summed E-state index contributed by atoms with van der Waals surface area (Å²) < 4.78 is 14.9. The summed E-state index contributed by atoms with van der Waals surface area (Å²) in [5, 5.41) is 4.03. The topological polar surface area (TPSA) is 34.9 Å². The first-order chi connectivity index (χ1) is 8.10. The lowest BCUT2D eigenvalue weighted by Gasteiger charge is -2.00. The predicted molar refractivity (Wildman–Crippen MR) is 62.5 cm³/mol. The quantitative estimate of drug-likeness (QED) is 0.762. The normalized spacial score (nSPS) is 10.5. The first kappa shape index (κ1) is 11.5. The Balaban J connectivity index is 2.36. The summed E-state index contributed by atoms with van der Waals surface area (Å²) in [4.78, 5) is 12.1. The van der Waals surface area contributed by atoms with Crippen molar-refractivity contribution in [2.45, 2.75) is 20.4 Å². The fourth-order valence-electron chi connectivity index (χ4n) is 1.69. The third-order valence-electron chi connectivity index (χ3n) is 2.52. The van der Waals surface area contributed by atoms with Crippen LogP contribution in [0.2, 0.25) is 0 Å². The summed E-state index contributed by atoms with van der Waals surface area (Å²) in [5.74, 6) is -0.594. The molecule has 1 aromatic heterocycles. The van der Waals surface area contributed by atoms with Crippen molar-refractivity contribution in [1.82, 2.24) is 9.78 Å². The number of carbonyl (C=O) groups is 1. The number of aryl methyl sites for hydroxylation is 2. The van der Waals surface area contributed by atoms with E-state index < -0.39 is 5.82 Å². The van der Waals surface area contributed by atoms with Crippen LogP contribution in [-0.4, -0.2) is 15.6 Å². The molecule has 0 fully saturated rings. The predicted octanol–water partition coefficient (Wildman–Crippen LogP) is 2.58. The molecule has 4 heteroatoms. The summed E-state index contributed by atoms with van der Waals surface area (Å²) in [5.41, 5.74) is 1.58. The average Bonchev–Trinajstić information content (AvgIpc) is 2.75. The molecule has 2 rings (SSSR count). The lowest BCUT2D eigenvalue weighted by Crippen LogP contribution is -2.01. The van der Waals surface area contributed by atoms with Gasteiger partial charge in [0.25, 0.3) is 0 Å². The number of hydrogen-bond acceptors (Lipinski definition) is 2. The van der Waals surface area contributed by atoms with Crippen LogP contribution in [0.15, 0.2) is 30.6 Å². The van der Waals surface area contributed by atoms with Crippen molar-refractivity contribution in [2.24, 2.45) is 0 Å². The number of benzene rings is 1. The first-order valence-corrected chi connectivity index (χ1v) is 5.44. The van der Waals surface area contributed by atoms with E-state index in [1.807, 2.05) is 6.92 Å². The molecule has 0 N–H and O–H groups in total. The van der Waals surface area contributed by atoms with Gasteiger partial charge in [0.15, 0.2) is 5.78 Å². The van der Waals surface area contributed by atoms with Crippen molar-refractivity contribution < 1.29 is 9.18 Å². The van der Waals surface area contributed by atoms with Crippen LogP contribution >= 0.6 is 0 Å². The molecule has 0 saturated carbocycles. The van der Waals surface area contributed by atoms with Crippen LogP contribution in [0, 0.1) is 12.7 Å². The number of hydrogen-bond donors (Lipinski definition) is 0. The van der Waals surface area contributed by atoms with Crippen molar-refractivity contribution in [3.8, 4) is 0 Å². The minimum Gasteiger partial charge on any atom is -0.288 e. The smallest absolute Gasteiger partial charge is 0.196 e. The number of aromatic nitrogens is 2. The molecule has 0 atom stereocenters. The van der Waals surface area contributed by atoms with Crippen LogP contribution in [0.1, 0.15) is 28.4 Å².